The molecule has 1 aliphatic rings. The minimum Gasteiger partial charge on any atom is -0.376 e. The van der Waals surface area contributed by atoms with Crippen LogP contribution in [0.2, 0.25) is 12.6 Å². The van der Waals surface area contributed by atoms with Crippen molar-refractivity contribution in [2.75, 3.05) is 6.61 Å². The van der Waals surface area contributed by atoms with Gasteiger partial charge in [0.15, 0.2) is 0 Å². The van der Waals surface area contributed by atoms with Crippen molar-refractivity contribution in [1.82, 2.24) is 0 Å². The van der Waals surface area contributed by atoms with Gasteiger partial charge in [-0.15, -0.1) is 0 Å². The molecule has 0 saturated heterocycles. The van der Waals surface area contributed by atoms with E-state index in [2.05, 4.69) is 104 Å². The Balaban J connectivity index is 0.000000926. The smallest absolute Gasteiger partial charge is 0.0598 e. The molecule has 1 aliphatic carbocycles. The van der Waals surface area contributed by atoms with Gasteiger partial charge >= 0.3 is 0 Å². The second-order valence-electron chi connectivity index (χ2n) is 14.3. The standard InChI is InChI=1S/C31H45OSi.C4H11N/c1-23-22-28-26(24-16-18-25(19-17-24)30(2,3)4)14-13-15-27(28)29(23)33(8)21-12-10-9-11-20-32-31(5,6)7;1-4(2,3)5/h13-19,22,29H,9-12,20-21H2,1-8H3;5H2,1-3H3. The molecule has 3 rings (SSSR count). The minimum absolute atomic E-state index is 0. The summed E-state index contributed by atoms with van der Waals surface area (Å²) < 4.78 is 5.86. The third kappa shape index (κ3) is 10.8. The maximum atomic E-state index is 5.86. The quantitative estimate of drug-likeness (QED) is 0.256. The van der Waals surface area contributed by atoms with Crippen LogP contribution in [0, 0.1) is 0 Å². The lowest BCUT2D eigenvalue weighted by Crippen LogP contribution is -2.26. The SMILES string of the molecule is CC(C)(C)N.CC1=Cc2c(-c3ccc(C(C)(C)C)cc3)cccc2C1[Si](C)CCCCCCOC(C)(C)C. The number of unbranched alkanes of at least 4 members (excludes halogenated alkanes) is 3. The maximum absolute atomic E-state index is 5.86. The Morgan fingerprint density at radius 1 is 0.816 bits per heavy atom. The summed E-state index contributed by atoms with van der Waals surface area (Å²) in [7, 11) is -0.466. The molecule has 0 bridgehead atoms. The summed E-state index contributed by atoms with van der Waals surface area (Å²) in [4.78, 5) is 0. The Bertz CT molecular complexity index is 1030. The molecule has 1 radical (unpaired) electrons. The first kappa shape index (κ1) is 32.5. The molecule has 0 spiro atoms. The highest BCUT2D eigenvalue weighted by atomic mass is 28.3. The molecule has 0 saturated carbocycles. The topological polar surface area (TPSA) is 35.2 Å². The van der Waals surface area contributed by atoms with E-state index in [9.17, 15) is 0 Å². The normalized spacial score (nSPS) is 15.7. The van der Waals surface area contributed by atoms with Gasteiger partial charge in [0.05, 0.1) is 14.4 Å². The van der Waals surface area contributed by atoms with Crippen LogP contribution >= 0.6 is 0 Å². The second-order valence-corrected chi connectivity index (χ2v) is 17.1. The first-order valence-electron chi connectivity index (χ1n) is 14.6. The van der Waals surface area contributed by atoms with Gasteiger partial charge in [0.1, 0.15) is 0 Å². The highest BCUT2D eigenvalue weighted by molar-refractivity contribution is 6.60. The van der Waals surface area contributed by atoms with Crippen LogP contribution in [0.25, 0.3) is 17.2 Å². The molecule has 38 heavy (non-hydrogen) atoms. The second kappa shape index (κ2) is 13.6. The van der Waals surface area contributed by atoms with Gasteiger partial charge in [-0.05, 0) is 93.7 Å². The number of hydrogen-bond acceptors (Lipinski definition) is 2. The number of ether oxygens (including phenoxy) is 1. The molecule has 211 valence electrons. The van der Waals surface area contributed by atoms with Gasteiger partial charge in [0.25, 0.3) is 0 Å². The van der Waals surface area contributed by atoms with Crippen LogP contribution in [0.1, 0.15) is 117 Å². The van der Waals surface area contributed by atoms with E-state index in [0.29, 0.717) is 5.54 Å². The number of fused-ring (bicyclic) bond motifs is 1. The lowest BCUT2D eigenvalue weighted by Gasteiger charge is -2.22. The monoisotopic (exact) mass is 534 g/mol. The molecular weight excluding hydrogens is 478 g/mol. The van der Waals surface area contributed by atoms with Gasteiger partial charge in [-0.25, -0.2) is 0 Å². The summed E-state index contributed by atoms with van der Waals surface area (Å²) in [6.45, 7) is 25.0. The summed E-state index contributed by atoms with van der Waals surface area (Å²) in [6.07, 6.45) is 7.64. The molecule has 2 aromatic rings. The van der Waals surface area contributed by atoms with Gasteiger partial charge in [-0.1, -0.05) is 107 Å². The van der Waals surface area contributed by atoms with Gasteiger partial charge in [0, 0.05) is 12.1 Å². The maximum Gasteiger partial charge on any atom is 0.0598 e. The van der Waals surface area contributed by atoms with E-state index in [4.69, 9.17) is 10.5 Å². The van der Waals surface area contributed by atoms with Crippen LogP contribution < -0.4 is 5.73 Å². The van der Waals surface area contributed by atoms with Gasteiger partial charge in [0.2, 0.25) is 0 Å². The predicted molar refractivity (Wildman–Crippen MR) is 172 cm³/mol. The summed E-state index contributed by atoms with van der Waals surface area (Å²) in [6, 6.07) is 17.6. The van der Waals surface area contributed by atoms with Crippen molar-refractivity contribution in [2.24, 2.45) is 5.73 Å². The highest BCUT2D eigenvalue weighted by Crippen LogP contribution is 2.43. The molecule has 1 atom stereocenters. The highest BCUT2D eigenvalue weighted by Gasteiger charge is 2.29. The molecule has 0 aliphatic heterocycles. The molecule has 2 nitrogen and oxygen atoms in total. The Kier molecular flexibility index (Phi) is 11.6. The van der Waals surface area contributed by atoms with E-state index in [0.717, 1.165) is 6.61 Å². The van der Waals surface area contributed by atoms with E-state index in [1.165, 1.54) is 54.0 Å². The Labute approximate surface area is 237 Å². The first-order chi connectivity index (χ1) is 17.5. The molecule has 0 amide bonds. The van der Waals surface area contributed by atoms with E-state index < -0.39 is 8.80 Å². The van der Waals surface area contributed by atoms with Crippen molar-refractivity contribution in [1.29, 1.82) is 0 Å². The number of rotatable bonds is 9. The summed E-state index contributed by atoms with van der Waals surface area (Å²) in [5.41, 5.74) is 14.9. The molecule has 0 fully saturated rings. The van der Waals surface area contributed by atoms with Crippen molar-refractivity contribution in [3.63, 3.8) is 0 Å². The number of allylic oxidation sites excluding steroid dienone is 1. The van der Waals surface area contributed by atoms with Gasteiger partial charge in [-0.2, -0.15) is 0 Å². The van der Waals surface area contributed by atoms with Crippen LogP contribution in [0.4, 0.5) is 0 Å². The van der Waals surface area contributed by atoms with Crippen molar-refractivity contribution < 1.29 is 4.74 Å². The molecule has 2 N–H and O–H groups in total. The minimum atomic E-state index is -0.466. The Morgan fingerprint density at radius 3 is 1.95 bits per heavy atom. The lowest BCUT2D eigenvalue weighted by atomic mass is 9.86. The van der Waals surface area contributed by atoms with Crippen molar-refractivity contribution in [3.05, 3.63) is 64.7 Å². The van der Waals surface area contributed by atoms with Gasteiger partial charge < -0.3 is 10.5 Å². The molecule has 0 heterocycles. The van der Waals surface area contributed by atoms with E-state index in [1.54, 1.807) is 11.1 Å². The largest absolute Gasteiger partial charge is 0.376 e. The Hall–Kier alpha value is -1.68. The lowest BCUT2D eigenvalue weighted by molar-refractivity contribution is -0.00471. The zero-order chi connectivity index (χ0) is 28.7. The van der Waals surface area contributed by atoms with E-state index in [-0.39, 0.29) is 16.6 Å². The summed E-state index contributed by atoms with van der Waals surface area (Å²) in [5.74, 6) is 0. The van der Waals surface area contributed by atoms with Crippen molar-refractivity contribution in [2.45, 2.75) is 130 Å². The van der Waals surface area contributed by atoms with Crippen molar-refractivity contribution in [3.8, 4) is 11.1 Å². The molecular formula is C35H56NOSi. The molecule has 0 aromatic heterocycles. The third-order valence-electron chi connectivity index (χ3n) is 6.83. The number of hydrogen-bond donors (Lipinski definition) is 1. The number of benzene rings is 2. The van der Waals surface area contributed by atoms with Gasteiger partial charge in [-0.3, -0.25) is 0 Å². The molecule has 3 heteroatoms. The number of nitrogens with two attached hydrogens (primary N) is 1. The van der Waals surface area contributed by atoms with Crippen LogP contribution in [0.15, 0.2) is 48.0 Å². The Morgan fingerprint density at radius 2 is 1.39 bits per heavy atom. The van der Waals surface area contributed by atoms with Crippen molar-refractivity contribution >= 4 is 14.9 Å². The zero-order valence-electron chi connectivity index (χ0n) is 26.4. The average Bonchev–Trinajstić information content (AvgIpc) is 3.12. The first-order valence-corrected chi connectivity index (χ1v) is 16.9. The third-order valence-corrected chi connectivity index (χ3v) is 9.73. The van der Waals surface area contributed by atoms with E-state index in [1.807, 2.05) is 20.8 Å². The van der Waals surface area contributed by atoms with Crippen LogP contribution in [-0.2, 0) is 10.2 Å². The van der Waals surface area contributed by atoms with E-state index >= 15 is 0 Å². The fourth-order valence-corrected chi connectivity index (χ4v) is 7.73. The predicted octanol–water partition coefficient (Wildman–Crippen LogP) is 9.93. The molecule has 1 unspecified atom stereocenters. The van der Waals surface area contributed by atoms with Crippen LogP contribution in [0.3, 0.4) is 0 Å². The fraction of sp³-hybridized carbons (Fsp3) is 0.600. The molecule has 2 aromatic carbocycles. The fourth-order valence-electron chi connectivity index (χ4n) is 4.99. The average molecular weight is 535 g/mol. The zero-order valence-corrected chi connectivity index (χ0v) is 27.4. The summed E-state index contributed by atoms with van der Waals surface area (Å²) in [5, 5.41) is 0. The van der Waals surface area contributed by atoms with Crippen LogP contribution in [0.5, 0.6) is 0 Å². The van der Waals surface area contributed by atoms with Crippen LogP contribution in [-0.4, -0.2) is 26.5 Å². The summed E-state index contributed by atoms with van der Waals surface area (Å²) >= 11 is 0.